The Hall–Kier alpha value is -0.0400. The van der Waals surface area contributed by atoms with Gasteiger partial charge in [0.05, 0.1) is 0 Å². The van der Waals surface area contributed by atoms with Gasteiger partial charge in [-0.2, -0.15) is 0 Å². The van der Waals surface area contributed by atoms with Gasteiger partial charge in [-0.1, -0.05) is 46.5 Å². The van der Waals surface area contributed by atoms with Crippen molar-refractivity contribution in [3.63, 3.8) is 0 Å². The average molecular weight is 251 g/mol. The number of nitrogens with two attached hydrogens (primary N) is 1. The fraction of sp³-hybridized carbons (Fsp3) is 1.00. The van der Waals surface area contributed by atoms with Crippen LogP contribution in [0.4, 0.5) is 0 Å². The van der Waals surface area contributed by atoms with E-state index in [1.807, 2.05) is 0 Å². The molecular weight excluding hydrogens is 218 g/mol. The molecule has 0 aromatic heterocycles. The molecule has 0 spiro atoms. The maximum atomic E-state index is 6.62. The molecule has 2 saturated carbocycles. The van der Waals surface area contributed by atoms with E-state index in [-0.39, 0.29) is 0 Å². The average Bonchev–Trinajstić information content (AvgIpc) is 2.41. The van der Waals surface area contributed by atoms with E-state index in [0.717, 1.165) is 29.6 Å². The predicted molar refractivity (Wildman–Crippen MR) is 79.4 cm³/mol. The zero-order valence-electron chi connectivity index (χ0n) is 12.7. The van der Waals surface area contributed by atoms with Crippen LogP contribution in [0, 0.1) is 29.6 Å². The maximum Gasteiger partial charge on any atom is 0.00957 e. The van der Waals surface area contributed by atoms with Crippen LogP contribution in [0.2, 0.25) is 0 Å². The summed E-state index contributed by atoms with van der Waals surface area (Å²) >= 11 is 0. The van der Waals surface area contributed by atoms with Gasteiger partial charge in [-0.05, 0) is 55.3 Å². The molecule has 0 heterocycles. The molecule has 18 heavy (non-hydrogen) atoms. The maximum absolute atomic E-state index is 6.62. The minimum Gasteiger partial charge on any atom is -0.327 e. The fourth-order valence-corrected chi connectivity index (χ4v) is 4.31. The molecule has 0 aliphatic heterocycles. The molecule has 1 nitrogen and oxygen atoms in total. The van der Waals surface area contributed by atoms with Gasteiger partial charge in [-0.15, -0.1) is 0 Å². The van der Waals surface area contributed by atoms with Crippen LogP contribution in [0.15, 0.2) is 0 Å². The molecule has 2 fully saturated rings. The molecule has 0 amide bonds. The van der Waals surface area contributed by atoms with E-state index < -0.39 is 0 Å². The van der Waals surface area contributed by atoms with E-state index in [0.29, 0.717) is 6.04 Å². The molecule has 4 unspecified atom stereocenters. The normalized spacial score (nSPS) is 43.7. The van der Waals surface area contributed by atoms with Crippen LogP contribution in [0.3, 0.4) is 0 Å². The first-order chi connectivity index (χ1) is 8.61. The third kappa shape index (κ3) is 3.29. The Kier molecular flexibility index (Phi) is 5.12. The molecule has 0 radical (unpaired) electrons. The largest absolute Gasteiger partial charge is 0.327 e. The van der Waals surface area contributed by atoms with Crippen molar-refractivity contribution in [2.75, 3.05) is 0 Å². The summed E-state index contributed by atoms with van der Waals surface area (Å²) in [6.07, 6.45) is 11.2. The zero-order valence-corrected chi connectivity index (χ0v) is 12.7. The number of hydrogen-bond donors (Lipinski definition) is 1. The molecule has 0 aromatic carbocycles. The van der Waals surface area contributed by atoms with Crippen LogP contribution in [-0.2, 0) is 0 Å². The minimum absolute atomic E-state index is 0.498. The summed E-state index contributed by atoms with van der Waals surface area (Å²) in [6, 6.07) is 0.498. The molecule has 2 rings (SSSR count). The van der Waals surface area contributed by atoms with Gasteiger partial charge in [-0.3, -0.25) is 0 Å². The highest BCUT2D eigenvalue weighted by Crippen LogP contribution is 2.40. The van der Waals surface area contributed by atoms with Crippen LogP contribution < -0.4 is 5.73 Å². The molecule has 2 aliphatic rings. The Bertz CT molecular complexity index is 242. The van der Waals surface area contributed by atoms with Crippen molar-refractivity contribution in [3.05, 3.63) is 0 Å². The van der Waals surface area contributed by atoms with Gasteiger partial charge in [0.1, 0.15) is 0 Å². The van der Waals surface area contributed by atoms with Crippen LogP contribution in [0.5, 0.6) is 0 Å². The molecule has 0 aromatic rings. The number of rotatable bonds is 3. The van der Waals surface area contributed by atoms with Gasteiger partial charge in [0.15, 0.2) is 0 Å². The van der Waals surface area contributed by atoms with Gasteiger partial charge in [0, 0.05) is 6.04 Å². The van der Waals surface area contributed by atoms with Crippen LogP contribution >= 0.6 is 0 Å². The van der Waals surface area contributed by atoms with Gasteiger partial charge in [0.25, 0.3) is 0 Å². The first-order valence-electron chi connectivity index (χ1n) is 8.37. The second-order valence-electron chi connectivity index (χ2n) is 7.29. The Balaban J connectivity index is 1.82. The summed E-state index contributed by atoms with van der Waals surface area (Å²) < 4.78 is 0. The molecule has 0 bridgehead atoms. The van der Waals surface area contributed by atoms with Crippen molar-refractivity contribution in [3.8, 4) is 0 Å². The molecular formula is C17H33N. The molecule has 106 valence electrons. The van der Waals surface area contributed by atoms with Crippen LogP contribution in [-0.4, -0.2) is 6.04 Å². The molecule has 2 aliphatic carbocycles. The van der Waals surface area contributed by atoms with Crippen LogP contribution in [0.25, 0.3) is 0 Å². The molecule has 0 saturated heterocycles. The Morgan fingerprint density at radius 1 is 0.889 bits per heavy atom. The van der Waals surface area contributed by atoms with E-state index in [1.165, 1.54) is 51.4 Å². The summed E-state index contributed by atoms with van der Waals surface area (Å²) in [5.74, 6) is 4.46. The standard InChI is InChI=1S/C17H33N/c1-4-14-6-9-15(10-7-14)17(18)16-8-5-12(2)13(3)11-16/h12-17H,4-11,18H2,1-3H3. The zero-order chi connectivity index (χ0) is 13.1. The van der Waals surface area contributed by atoms with Gasteiger partial charge in [0.2, 0.25) is 0 Å². The van der Waals surface area contributed by atoms with Gasteiger partial charge >= 0.3 is 0 Å². The second kappa shape index (κ2) is 6.41. The van der Waals surface area contributed by atoms with Crippen molar-refractivity contribution in [2.45, 2.75) is 78.2 Å². The van der Waals surface area contributed by atoms with E-state index in [9.17, 15) is 0 Å². The lowest BCUT2D eigenvalue weighted by Crippen LogP contribution is -2.42. The summed E-state index contributed by atoms with van der Waals surface area (Å²) in [7, 11) is 0. The minimum atomic E-state index is 0.498. The smallest absolute Gasteiger partial charge is 0.00957 e. The lowest BCUT2D eigenvalue weighted by molar-refractivity contribution is 0.134. The topological polar surface area (TPSA) is 26.0 Å². The van der Waals surface area contributed by atoms with Crippen molar-refractivity contribution in [2.24, 2.45) is 35.3 Å². The molecule has 1 heteroatoms. The predicted octanol–water partition coefficient (Wildman–Crippen LogP) is 4.60. The van der Waals surface area contributed by atoms with Crippen molar-refractivity contribution in [1.82, 2.24) is 0 Å². The van der Waals surface area contributed by atoms with Gasteiger partial charge in [-0.25, -0.2) is 0 Å². The summed E-state index contributed by atoms with van der Waals surface area (Å²) in [4.78, 5) is 0. The number of hydrogen-bond acceptors (Lipinski definition) is 1. The Labute approximate surface area is 114 Å². The van der Waals surface area contributed by atoms with Crippen molar-refractivity contribution < 1.29 is 0 Å². The highest BCUT2D eigenvalue weighted by molar-refractivity contribution is 4.88. The van der Waals surface area contributed by atoms with E-state index in [2.05, 4.69) is 20.8 Å². The third-order valence-electron chi connectivity index (χ3n) is 6.20. The highest BCUT2D eigenvalue weighted by Gasteiger charge is 2.33. The highest BCUT2D eigenvalue weighted by atomic mass is 14.7. The summed E-state index contributed by atoms with van der Waals surface area (Å²) in [5.41, 5.74) is 6.62. The molecule has 2 N–H and O–H groups in total. The molecule has 4 atom stereocenters. The first kappa shape index (κ1) is 14.4. The van der Waals surface area contributed by atoms with Crippen molar-refractivity contribution >= 4 is 0 Å². The first-order valence-corrected chi connectivity index (χ1v) is 8.37. The second-order valence-corrected chi connectivity index (χ2v) is 7.29. The Morgan fingerprint density at radius 2 is 1.50 bits per heavy atom. The van der Waals surface area contributed by atoms with E-state index >= 15 is 0 Å². The summed E-state index contributed by atoms with van der Waals surface area (Å²) in [5, 5.41) is 0. The van der Waals surface area contributed by atoms with E-state index in [1.54, 1.807) is 0 Å². The lowest BCUT2D eigenvalue weighted by Gasteiger charge is -2.40. The van der Waals surface area contributed by atoms with E-state index in [4.69, 9.17) is 5.73 Å². The third-order valence-corrected chi connectivity index (χ3v) is 6.20. The lowest BCUT2D eigenvalue weighted by atomic mass is 9.68. The fourth-order valence-electron chi connectivity index (χ4n) is 4.31. The SMILES string of the molecule is CCC1CCC(C(N)C2CCC(C)C(C)C2)CC1. The monoisotopic (exact) mass is 251 g/mol. The van der Waals surface area contributed by atoms with Crippen molar-refractivity contribution in [1.29, 1.82) is 0 Å². The quantitative estimate of drug-likeness (QED) is 0.779. The summed E-state index contributed by atoms with van der Waals surface area (Å²) in [6.45, 7) is 7.19. The van der Waals surface area contributed by atoms with Gasteiger partial charge < -0.3 is 5.73 Å². The Morgan fingerprint density at radius 3 is 2.06 bits per heavy atom. The van der Waals surface area contributed by atoms with Crippen LogP contribution in [0.1, 0.15) is 72.1 Å².